The van der Waals surface area contributed by atoms with Crippen molar-refractivity contribution >= 4 is 0 Å². The summed E-state index contributed by atoms with van der Waals surface area (Å²) >= 11 is 0. The molecule has 0 aliphatic carbocycles. The summed E-state index contributed by atoms with van der Waals surface area (Å²) in [7, 11) is 0. The lowest BCUT2D eigenvalue weighted by Crippen LogP contribution is -2.13. The molecule has 0 aliphatic heterocycles. The van der Waals surface area contributed by atoms with Crippen molar-refractivity contribution in [3.05, 3.63) is 0 Å². The Hall–Kier alpha value is -0.160. The van der Waals surface area contributed by atoms with Gasteiger partial charge in [-0.1, -0.05) is 78.1 Å². The highest BCUT2D eigenvalue weighted by molar-refractivity contribution is 4.57. The third-order valence-electron chi connectivity index (χ3n) is 3.47. The summed E-state index contributed by atoms with van der Waals surface area (Å²) in [6.45, 7) is 4.39. The molecule has 4 nitrogen and oxygen atoms in total. The van der Waals surface area contributed by atoms with Gasteiger partial charge in [0.2, 0.25) is 0 Å². The molecule has 0 fully saturated rings. The van der Waals surface area contributed by atoms with Crippen LogP contribution in [0.3, 0.4) is 0 Å². The fourth-order valence-corrected chi connectivity index (χ4v) is 2.25. The highest BCUT2D eigenvalue weighted by Crippen LogP contribution is 2.15. The summed E-state index contributed by atoms with van der Waals surface area (Å²) in [4.78, 5) is 4.98. The predicted molar refractivity (Wildman–Crippen MR) is 76.4 cm³/mol. The van der Waals surface area contributed by atoms with E-state index < -0.39 is 0 Å². The molecule has 116 valence electrons. The molecule has 1 N–H and O–H groups in total. The van der Waals surface area contributed by atoms with Crippen LogP contribution in [0.25, 0.3) is 0 Å². The van der Waals surface area contributed by atoms with Crippen molar-refractivity contribution in [2.75, 3.05) is 0 Å². The van der Waals surface area contributed by atoms with Gasteiger partial charge in [0.25, 0.3) is 0 Å². The minimum Gasteiger partial charge on any atom is -0.219 e. The molecule has 0 saturated carbocycles. The average Bonchev–Trinajstić information content (AvgIpc) is 2.43. The predicted octanol–water partition coefficient (Wildman–Crippen LogP) is 5.43. The van der Waals surface area contributed by atoms with Crippen LogP contribution in [0.4, 0.5) is 0 Å². The van der Waals surface area contributed by atoms with Crippen molar-refractivity contribution in [2.24, 2.45) is 0 Å². The molecule has 19 heavy (non-hydrogen) atoms. The van der Waals surface area contributed by atoms with E-state index in [4.69, 9.17) is 10.1 Å². The van der Waals surface area contributed by atoms with E-state index in [2.05, 4.69) is 23.9 Å². The molecular formula is C15H32O4. The number of rotatable bonds is 15. The van der Waals surface area contributed by atoms with Gasteiger partial charge in [0.05, 0.1) is 6.10 Å². The van der Waals surface area contributed by atoms with E-state index in [0.717, 1.165) is 32.1 Å². The van der Waals surface area contributed by atoms with Crippen LogP contribution in [0, 0.1) is 0 Å². The monoisotopic (exact) mass is 276 g/mol. The van der Waals surface area contributed by atoms with E-state index in [0.29, 0.717) is 0 Å². The number of hydrogen-bond acceptors (Lipinski definition) is 4. The Balaban J connectivity index is 3.40. The molecule has 0 spiro atoms. The zero-order valence-corrected chi connectivity index (χ0v) is 12.7. The Kier molecular flexibility index (Phi) is 15.8. The van der Waals surface area contributed by atoms with Crippen LogP contribution < -0.4 is 0 Å². The minimum absolute atomic E-state index is 0.0344. The summed E-state index contributed by atoms with van der Waals surface area (Å²) < 4.78 is 0. The molecule has 0 aromatic carbocycles. The van der Waals surface area contributed by atoms with E-state index in [-0.39, 0.29) is 6.10 Å². The Bertz CT molecular complexity index is 156. The van der Waals surface area contributed by atoms with Gasteiger partial charge in [0.1, 0.15) is 0 Å². The fraction of sp³-hybridized carbons (Fsp3) is 1.00. The zero-order chi connectivity index (χ0) is 14.2. The SMILES string of the molecule is CCCCCCCCCCC(CCCC)OOOO. The minimum atomic E-state index is 0.0344. The molecule has 1 unspecified atom stereocenters. The van der Waals surface area contributed by atoms with Crippen LogP contribution in [0.2, 0.25) is 0 Å². The molecular weight excluding hydrogens is 244 g/mol. The smallest absolute Gasteiger partial charge is 0.0962 e. The Morgan fingerprint density at radius 1 is 0.737 bits per heavy atom. The highest BCUT2D eigenvalue weighted by Gasteiger charge is 2.10. The molecule has 1 atom stereocenters. The molecule has 0 radical (unpaired) electrons. The van der Waals surface area contributed by atoms with Crippen molar-refractivity contribution in [3.8, 4) is 0 Å². The van der Waals surface area contributed by atoms with Crippen LogP contribution in [0.15, 0.2) is 0 Å². The van der Waals surface area contributed by atoms with Crippen LogP contribution >= 0.6 is 0 Å². The lowest BCUT2D eigenvalue weighted by atomic mass is 10.0. The Labute approximate surface area is 118 Å². The van der Waals surface area contributed by atoms with Crippen molar-refractivity contribution in [1.29, 1.82) is 0 Å². The van der Waals surface area contributed by atoms with Crippen molar-refractivity contribution in [3.63, 3.8) is 0 Å². The van der Waals surface area contributed by atoms with E-state index in [9.17, 15) is 0 Å². The first-order valence-corrected chi connectivity index (χ1v) is 7.98. The second-order valence-corrected chi connectivity index (χ2v) is 5.27. The maximum absolute atomic E-state index is 8.11. The van der Waals surface area contributed by atoms with E-state index >= 15 is 0 Å². The first-order valence-electron chi connectivity index (χ1n) is 7.98. The number of hydrogen-bond donors (Lipinski definition) is 1. The third kappa shape index (κ3) is 14.1. The Morgan fingerprint density at radius 3 is 1.84 bits per heavy atom. The normalized spacial score (nSPS) is 12.8. The first-order chi connectivity index (χ1) is 9.35. The molecule has 0 amide bonds. The van der Waals surface area contributed by atoms with E-state index in [1.54, 1.807) is 0 Å². The summed E-state index contributed by atoms with van der Waals surface area (Å²) in [6.07, 6.45) is 14.7. The summed E-state index contributed by atoms with van der Waals surface area (Å²) in [5, 5.41) is 15.8. The molecule has 0 rings (SSSR count). The summed E-state index contributed by atoms with van der Waals surface area (Å²) in [5.41, 5.74) is 0. The first kappa shape index (κ1) is 18.8. The van der Waals surface area contributed by atoms with Gasteiger partial charge < -0.3 is 0 Å². The van der Waals surface area contributed by atoms with Gasteiger partial charge in [-0.05, 0) is 22.9 Å². The van der Waals surface area contributed by atoms with E-state index in [1.807, 2.05) is 0 Å². The molecule has 0 saturated heterocycles. The molecule has 0 aromatic rings. The lowest BCUT2D eigenvalue weighted by molar-refractivity contribution is -0.632. The van der Waals surface area contributed by atoms with E-state index in [1.165, 1.54) is 44.9 Å². The molecule has 0 bridgehead atoms. The quantitative estimate of drug-likeness (QED) is 0.246. The van der Waals surface area contributed by atoms with Crippen molar-refractivity contribution in [1.82, 2.24) is 0 Å². The van der Waals surface area contributed by atoms with Crippen molar-refractivity contribution < 1.29 is 20.2 Å². The maximum Gasteiger partial charge on any atom is 0.0962 e. The van der Waals surface area contributed by atoms with Gasteiger partial charge in [-0.25, -0.2) is 10.1 Å². The van der Waals surface area contributed by atoms with Crippen LogP contribution in [-0.4, -0.2) is 11.4 Å². The van der Waals surface area contributed by atoms with Gasteiger partial charge in [-0.3, -0.25) is 0 Å². The average molecular weight is 276 g/mol. The topological polar surface area (TPSA) is 47.9 Å². The second kappa shape index (κ2) is 15.9. The van der Waals surface area contributed by atoms with Crippen molar-refractivity contribution in [2.45, 2.75) is 97.0 Å². The molecule has 4 heteroatoms. The largest absolute Gasteiger partial charge is 0.219 e. The molecule has 0 heterocycles. The lowest BCUT2D eigenvalue weighted by Gasteiger charge is -2.13. The van der Waals surface area contributed by atoms with Crippen LogP contribution in [0.5, 0.6) is 0 Å². The van der Waals surface area contributed by atoms with Gasteiger partial charge in [-0.15, -0.1) is 0 Å². The molecule has 0 aromatic heterocycles. The zero-order valence-electron chi connectivity index (χ0n) is 12.7. The van der Waals surface area contributed by atoms with Gasteiger partial charge in [-0.2, -0.15) is 0 Å². The van der Waals surface area contributed by atoms with Crippen LogP contribution in [-0.2, 0) is 15.0 Å². The van der Waals surface area contributed by atoms with Gasteiger partial charge >= 0.3 is 0 Å². The van der Waals surface area contributed by atoms with Gasteiger partial charge in [0, 0.05) is 0 Å². The maximum atomic E-state index is 8.11. The highest BCUT2D eigenvalue weighted by atomic mass is 17.6. The fourth-order valence-electron chi connectivity index (χ4n) is 2.25. The standard InChI is InChI=1S/C15H32O4/c1-3-5-7-8-9-10-11-12-14-15(13-6-4-2)17-19-18-16/h15-16H,3-14H2,1-2H3. The second-order valence-electron chi connectivity index (χ2n) is 5.27. The van der Waals surface area contributed by atoms with Gasteiger partial charge in [0.15, 0.2) is 0 Å². The van der Waals surface area contributed by atoms with Crippen LogP contribution in [0.1, 0.15) is 90.9 Å². The Morgan fingerprint density at radius 2 is 1.26 bits per heavy atom. The summed E-state index contributed by atoms with van der Waals surface area (Å²) in [5.74, 6) is 0. The third-order valence-corrected chi connectivity index (χ3v) is 3.47. The molecule has 0 aliphatic rings. The summed E-state index contributed by atoms with van der Waals surface area (Å²) in [6, 6.07) is 0. The number of unbranched alkanes of at least 4 members (excludes halogenated alkanes) is 8.